The van der Waals surface area contributed by atoms with Gasteiger partial charge in [-0.15, -0.1) is 0 Å². The van der Waals surface area contributed by atoms with Gasteiger partial charge in [0.15, 0.2) is 0 Å². The van der Waals surface area contributed by atoms with Gasteiger partial charge in [-0.25, -0.2) is 0 Å². The number of aromatic nitrogens is 3. The van der Waals surface area contributed by atoms with Gasteiger partial charge < -0.3 is 9.13 Å². The average molecular weight is 670 g/mol. The smallest absolute Gasteiger partial charge is 0.0537 e. The van der Waals surface area contributed by atoms with Gasteiger partial charge in [0, 0.05) is 74.9 Å². The second-order valence-corrected chi connectivity index (χ2v) is 14.1. The van der Waals surface area contributed by atoms with E-state index in [9.17, 15) is 0 Å². The van der Waals surface area contributed by atoms with Crippen LogP contribution in [0.4, 0.5) is 0 Å². The molecule has 0 atom stereocenters. The molecule has 0 saturated carbocycles. The van der Waals surface area contributed by atoms with Crippen LogP contribution < -0.4 is 0 Å². The number of hydrogen-bond donors (Lipinski definition) is 0. The molecule has 0 saturated heterocycles. The lowest BCUT2D eigenvalue weighted by atomic mass is 9.98. The fraction of sp³-hybridized carbons (Fsp3) is 0.122. The highest BCUT2D eigenvalue weighted by molar-refractivity contribution is 5.90. The van der Waals surface area contributed by atoms with Crippen molar-refractivity contribution in [2.45, 2.75) is 38.5 Å². The summed E-state index contributed by atoms with van der Waals surface area (Å²) in [5.74, 6) is 0. The number of allylic oxidation sites excluding steroid dienone is 5. The molecular formula is C49H39N3. The topological polar surface area (TPSA) is 22.8 Å². The summed E-state index contributed by atoms with van der Waals surface area (Å²) >= 11 is 0. The lowest BCUT2D eigenvalue weighted by Crippen LogP contribution is -2.06. The number of nitrogens with zero attached hydrogens (tertiary/aromatic N) is 3. The molecule has 0 radical (unpaired) electrons. The molecule has 52 heavy (non-hydrogen) atoms. The molecule has 3 heteroatoms. The van der Waals surface area contributed by atoms with Crippen molar-refractivity contribution in [1.82, 2.24) is 14.1 Å². The highest BCUT2D eigenvalue weighted by atomic mass is 15.0. The third-order valence-corrected chi connectivity index (χ3v) is 11.1. The Morgan fingerprint density at radius 3 is 2.10 bits per heavy atom. The third-order valence-electron chi connectivity index (χ3n) is 11.1. The van der Waals surface area contributed by atoms with Crippen molar-refractivity contribution in [3.63, 3.8) is 0 Å². The van der Waals surface area contributed by atoms with Crippen LogP contribution in [0.5, 0.6) is 0 Å². The summed E-state index contributed by atoms with van der Waals surface area (Å²) in [5, 5.41) is 1.37. The normalized spacial score (nSPS) is 14.5. The van der Waals surface area contributed by atoms with Crippen molar-refractivity contribution in [2.24, 2.45) is 0 Å². The maximum absolute atomic E-state index is 4.68. The number of hydrogen-bond acceptors (Lipinski definition) is 1. The number of benzene rings is 4. The lowest BCUT2D eigenvalue weighted by Gasteiger charge is -2.16. The molecule has 4 aromatic carbocycles. The SMILES string of the molecule is C1=CCc2c(c3c(n2-c2cccc(-c4ccc(-c5cncc(-c6ccc(-n7c8c(c9ccccc97)CCCC=C8)cc6)c5)cc4)c2)CCC=C3)C=C1. The molecule has 0 bridgehead atoms. The summed E-state index contributed by atoms with van der Waals surface area (Å²) in [6, 6.07) is 38.0. The van der Waals surface area contributed by atoms with E-state index in [0.717, 1.165) is 54.4 Å². The van der Waals surface area contributed by atoms with Gasteiger partial charge in [0.2, 0.25) is 0 Å². The Kier molecular flexibility index (Phi) is 7.57. The molecule has 7 aromatic rings. The van der Waals surface area contributed by atoms with Gasteiger partial charge in [-0.3, -0.25) is 4.98 Å². The minimum Gasteiger partial charge on any atom is -0.316 e. The monoisotopic (exact) mass is 669 g/mol. The summed E-state index contributed by atoms with van der Waals surface area (Å²) in [6.45, 7) is 0. The summed E-state index contributed by atoms with van der Waals surface area (Å²) in [7, 11) is 0. The Morgan fingerprint density at radius 2 is 1.25 bits per heavy atom. The van der Waals surface area contributed by atoms with Gasteiger partial charge in [0.05, 0.1) is 5.52 Å². The van der Waals surface area contributed by atoms with Gasteiger partial charge in [-0.05, 0) is 102 Å². The van der Waals surface area contributed by atoms with Crippen LogP contribution in [-0.4, -0.2) is 14.1 Å². The number of fused-ring (bicyclic) bond motifs is 6. The minimum absolute atomic E-state index is 0.934. The van der Waals surface area contributed by atoms with Gasteiger partial charge in [0.25, 0.3) is 0 Å². The Bertz CT molecular complexity index is 2600. The maximum Gasteiger partial charge on any atom is 0.0537 e. The van der Waals surface area contributed by atoms with Crippen molar-refractivity contribution >= 4 is 29.1 Å². The van der Waals surface area contributed by atoms with E-state index < -0.39 is 0 Å². The van der Waals surface area contributed by atoms with Crippen LogP contribution in [0, 0.1) is 0 Å². The van der Waals surface area contributed by atoms with Crippen LogP contribution in [0.25, 0.3) is 73.9 Å². The van der Waals surface area contributed by atoms with E-state index >= 15 is 0 Å². The predicted molar refractivity (Wildman–Crippen MR) is 218 cm³/mol. The number of aryl methyl sites for hydroxylation is 1. The number of rotatable bonds is 5. The predicted octanol–water partition coefficient (Wildman–Crippen LogP) is 12.3. The molecule has 0 amide bonds. The molecule has 0 spiro atoms. The van der Waals surface area contributed by atoms with E-state index in [1.165, 1.54) is 73.6 Å². The van der Waals surface area contributed by atoms with Crippen molar-refractivity contribution in [1.29, 1.82) is 0 Å². The molecule has 0 unspecified atom stereocenters. The lowest BCUT2D eigenvalue weighted by molar-refractivity contribution is 0.845. The molecule has 3 aliphatic carbocycles. The largest absolute Gasteiger partial charge is 0.316 e. The maximum atomic E-state index is 4.68. The number of pyridine rings is 1. The van der Waals surface area contributed by atoms with Crippen LogP contribution in [0.3, 0.4) is 0 Å². The minimum atomic E-state index is 0.934. The molecule has 10 rings (SSSR count). The molecule has 0 N–H and O–H groups in total. The quantitative estimate of drug-likeness (QED) is 0.179. The zero-order chi connectivity index (χ0) is 34.4. The van der Waals surface area contributed by atoms with Gasteiger partial charge >= 0.3 is 0 Å². The summed E-state index contributed by atoms with van der Waals surface area (Å²) < 4.78 is 4.94. The second-order valence-electron chi connectivity index (χ2n) is 14.1. The van der Waals surface area contributed by atoms with E-state index in [1.54, 1.807) is 0 Å². The molecule has 0 fully saturated rings. The van der Waals surface area contributed by atoms with Crippen molar-refractivity contribution in [2.75, 3.05) is 0 Å². The molecule has 0 aliphatic heterocycles. The first-order chi connectivity index (χ1) is 25.8. The first-order valence-electron chi connectivity index (χ1n) is 18.6. The van der Waals surface area contributed by atoms with E-state index in [4.69, 9.17) is 0 Å². The Balaban J connectivity index is 0.938. The highest BCUT2D eigenvalue weighted by Crippen LogP contribution is 2.37. The van der Waals surface area contributed by atoms with E-state index in [0.29, 0.717) is 0 Å². The van der Waals surface area contributed by atoms with Gasteiger partial charge in [0.1, 0.15) is 0 Å². The molecule has 3 aromatic heterocycles. The first kappa shape index (κ1) is 30.6. The average Bonchev–Trinajstić information content (AvgIpc) is 3.40. The van der Waals surface area contributed by atoms with Crippen LogP contribution in [0.15, 0.2) is 146 Å². The van der Waals surface area contributed by atoms with Crippen molar-refractivity contribution in [3.8, 4) is 44.8 Å². The van der Waals surface area contributed by atoms with Gasteiger partial charge in [-0.2, -0.15) is 0 Å². The summed E-state index contributed by atoms with van der Waals surface area (Å²) in [6.07, 6.45) is 28.6. The first-order valence-corrected chi connectivity index (χ1v) is 18.6. The molecule has 3 aliphatic rings. The fourth-order valence-electron chi connectivity index (χ4n) is 8.55. The Labute approximate surface area is 305 Å². The standard InChI is InChI=1S/C49H39N3/c1-3-14-42-44-16-7-9-20-47(44)51(46(42)18-5-1)40-28-26-36(27-29-40)39-30-38(32-50-33-39)35-24-22-34(23-25-35)37-12-11-13-41(31-37)52-48-19-6-2-4-15-43(48)45-17-8-10-21-49(45)52/h2,4-9,11-13,15-18,20,22-33H,1,3,10,14,19,21H2. The zero-order valence-electron chi connectivity index (χ0n) is 29.2. The van der Waals surface area contributed by atoms with Crippen LogP contribution >= 0.6 is 0 Å². The van der Waals surface area contributed by atoms with Gasteiger partial charge in [-0.1, -0.05) is 109 Å². The van der Waals surface area contributed by atoms with Crippen LogP contribution in [-0.2, 0) is 19.3 Å². The van der Waals surface area contributed by atoms with Crippen molar-refractivity contribution in [3.05, 3.63) is 180 Å². The zero-order valence-corrected chi connectivity index (χ0v) is 29.2. The second kappa shape index (κ2) is 12.9. The Morgan fingerprint density at radius 1 is 0.500 bits per heavy atom. The molecule has 3 heterocycles. The highest BCUT2D eigenvalue weighted by Gasteiger charge is 2.23. The van der Waals surface area contributed by atoms with Crippen LogP contribution in [0.1, 0.15) is 53.0 Å². The van der Waals surface area contributed by atoms with E-state index in [2.05, 4.69) is 166 Å². The summed E-state index contributed by atoms with van der Waals surface area (Å²) in [4.78, 5) is 4.68. The van der Waals surface area contributed by atoms with E-state index in [-0.39, 0.29) is 0 Å². The number of para-hydroxylation sites is 1. The molecule has 3 nitrogen and oxygen atoms in total. The van der Waals surface area contributed by atoms with E-state index in [1.807, 2.05) is 12.4 Å². The molecular weight excluding hydrogens is 631 g/mol. The summed E-state index contributed by atoms with van der Waals surface area (Å²) in [5.41, 5.74) is 19.0. The van der Waals surface area contributed by atoms with Crippen LogP contribution in [0.2, 0.25) is 0 Å². The Hall–Kier alpha value is -6.19. The fourth-order valence-corrected chi connectivity index (χ4v) is 8.55. The molecule has 250 valence electrons. The van der Waals surface area contributed by atoms with Crippen molar-refractivity contribution < 1.29 is 0 Å². The third kappa shape index (κ3) is 5.24.